The minimum Gasteiger partial charge on any atom is -0.326 e. The number of para-hydroxylation sites is 2. The van der Waals surface area contributed by atoms with Gasteiger partial charge in [-0.05, 0) is 78.2 Å². The number of nitrogens with one attached hydrogen (secondary N) is 3. The molecule has 44 heavy (non-hydrogen) atoms. The SMILES string of the molecule is Cc1cc2[nH]nc(C=Cc3cccc(CN4CCC(n5c(=O)[nH]c6ccccc65)CC4)c3)c2cc1NC(=O)Cc1cccs1. The molecule has 8 nitrogen and oxygen atoms in total. The summed E-state index contributed by atoms with van der Waals surface area (Å²) in [7, 11) is 0. The number of hydrogen-bond donors (Lipinski definition) is 3. The van der Waals surface area contributed by atoms with E-state index in [1.54, 1.807) is 11.3 Å². The second kappa shape index (κ2) is 12.1. The summed E-state index contributed by atoms with van der Waals surface area (Å²) in [6.45, 7) is 4.76. The average molecular weight is 603 g/mol. The molecule has 0 aliphatic carbocycles. The maximum atomic E-state index is 12.7. The molecule has 1 fully saturated rings. The van der Waals surface area contributed by atoms with E-state index in [-0.39, 0.29) is 17.6 Å². The van der Waals surface area contributed by atoms with Crippen molar-refractivity contribution in [2.24, 2.45) is 0 Å². The van der Waals surface area contributed by atoms with Crippen molar-refractivity contribution >= 4 is 57.0 Å². The Morgan fingerprint density at radius 3 is 2.73 bits per heavy atom. The number of hydrogen-bond acceptors (Lipinski definition) is 5. The maximum absolute atomic E-state index is 12.7. The molecule has 3 aromatic heterocycles. The van der Waals surface area contributed by atoms with Crippen molar-refractivity contribution in [3.05, 3.63) is 116 Å². The van der Waals surface area contributed by atoms with Crippen LogP contribution in [0.1, 0.15) is 46.1 Å². The highest BCUT2D eigenvalue weighted by atomic mass is 32.1. The summed E-state index contributed by atoms with van der Waals surface area (Å²) in [5.41, 5.74) is 7.80. The molecule has 3 N–H and O–H groups in total. The standard InChI is InChI=1S/C35H34N6O2S/c1-23-18-32-28(21-31(23)36-34(42)20-27-8-5-17-44-27)29(38-39-32)12-11-24-6-4-7-25(19-24)22-40-15-13-26(14-16-40)41-33-10-3-2-9-30(33)37-35(41)43/h2-12,17-19,21,26H,13-16,20,22H2,1H3,(H,36,42)(H,37,43)(H,38,39). The number of H-pyrrole nitrogens is 2. The molecule has 6 aromatic rings. The number of anilines is 1. The van der Waals surface area contributed by atoms with E-state index in [2.05, 4.69) is 55.7 Å². The van der Waals surface area contributed by atoms with Crippen LogP contribution in [0.3, 0.4) is 0 Å². The van der Waals surface area contributed by atoms with Crippen molar-refractivity contribution < 1.29 is 4.79 Å². The van der Waals surface area contributed by atoms with Gasteiger partial charge in [0.25, 0.3) is 0 Å². The monoisotopic (exact) mass is 602 g/mol. The van der Waals surface area contributed by atoms with E-state index < -0.39 is 0 Å². The zero-order valence-corrected chi connectivity index (χ0v) is 25.4. The number of nitrogens with zero attached hydrogens (tertiary/aromatic N) is 3. The number of likely N-dealkylation sites (tertiary alicyclic amines) is 1. The van der Waals surface area contributed by atoms with Crippen LogP contribution in [0.4, 0.5) is 5.69 Å². The number of piperidine rings is 1. The molecule has 0 spiro atoms. The lowest BCUT2D eigenvalue weighted by molar-refractivity contribution is -0.115. The van der Waals surface area contributed by atoms with Crippen LogP contribution in [0.5, 0.6) is 0 Å². The van der Waals surface area contributed by atoms with Crippen molar-refractivity contribution in [1.82, 2.24) is 24.6 Å². The molecule has 1 saturated heterocycles. The fourth-order valence-corrected chi connectivity index (χ4v) is 6.92. The van der Waals surface area contributed by atoms with Gasteiger partial charge in [-0.1, -0.05) is 48.5 Å². The number of rotatable bonds is 8. The normalized spacial score (nSPS) is 14.7. The van der Waals surface area contributed by atoms with E-state index in [1.807, 2.05) is 71.5 Å². The Morgan fingerprint density at radius 1 is 1.02 bits per heavy atom. The zero-order chi connectivity index (χ0) is 30.0. The molecule has 0 unspecified atom stereocenters. The summed E-state index contributed by atoms with van der Waals surface area (Å²) in [6.07, 6.45) is 6.37. The number of carbonyl (C=O) groups is 1. The zero-order valence-electron chi connectivity index (χ0n) is 24.5. The summed E-state index contributed by atoms with van der Waals surface area (Å²) in [5.74, 6) is -0.0246. The Hall–Kier alpha value is -4.73. The first-order valence-electron chi connectivity index (χ1n) is 15.0. The number of fused-ring (bicyclic) bond motifs is 2. The van der Waals surface area contributed by atoms with Crippen LogP contribution in [0.25, 0.3) is 34.1 Å². The summed E-state index contributed by atoms with van der Waals surface area (Å²) in [5, 5.41) is 13.7. The number of amides is 1. The molecule has 0 saturated carbocycles. The van der Waals surface area contributed by atoms with Crippen molar-refractivity contribution in [1.29, 1.82) is 0 Å². The fraction of sp³-hybridized carbons (Fsp3) is 0.229. The van der Waals surface area contributed by atoms with Gasteiger partial charge in [0.15, 0.2) is 0 Å². The van der Waals surface area contributed by atoms with Crippen LogP contribution in [0.15, 0.2) is 83.0 Å². The van der Waals surface area contributed by atoms with Gasteiger partial charge in [0, 0.05) is 41.6 Å². The predicted octanol–water partition coefficient (Wildman–Crippen LogP) is 6.76. The number of imidazole rings is 1. The Morgan fingerprint density at radius 2 is 1.89 bits per heavy atom. The molecule has 0 atom stereocenters. The second-order valence-electron chi connectivity index (χ2n) is 11.5. The molecule has 9 heteroatoms. The number of carbonyl (C=O) groups excluding carboxylic acids is 1. The summed E-state index contributed by atoms with van der Waals surface area (Å²) in [6, 6.07) is 24.7. The smallest absolute Gasteiger partial charge is 0.326 e. The highest BCUT2D eigenvalue weighted by Crippen LogP contribution is 2.28. The lowest BCUT2D eigenvalue weighted by Gasteiger charge is -2.32. The highest BCUT2D eigenvalue weighted by molar-refractivity contribution is 7.10. The third-order valence-corrected chi connectivity index (χ3v) is 9.34. The molecule has 1 aliphatic heterocycles. The minimum atomic E-state index is -0.0246. The van der Waals surface area contributed by atoms with Gasteiger partial charge in [0.05, 0.1) is 28.7 Å². The largest absolute Gasteiger partial charge is 0.326 e. The van der Waals surface area contributed by atoms with Crippen LogP contribution in [-0.4, -0.2) is 43.6 Å². The van der Waals surface area contributed by atoms with Gasteiger partial charge in [0.1, 0.15) is 0 Å². The van der Waals surface area contributed by atoms with E-state index >= 15 is 0 Å². The molecular weight excluding hydrogens is 568 g/mol. The Kier molecular flexibility index (Phi) is 7.72. The van der Waals surface area contributed by atoms with E-state index in [0.717, 1.165) is 81.8 Å². The van der Waals surface area contributed by atoms with Gasteiger partial charge >= 0.3 is 5.69 Å². The number of aromatic amines is 2. The van der Waals surface area contributed by atoms with Crippen LogP contribution in [0, 0.1) is 6.92 Å². The molecule has 7 rings (SSSR count). The first kappa shape index (κ1) is 28.1. The molecule has 3 aromatic carbocycles. The number of benzene rings is 3. The quantitative estimate of drug-likeness (QED) is 0.179. The topological polar surface area (TPSA) is 98.8 Å². The minimum absolute atomic E-state index is 0.0147. The van der Waals surface area contributed by atoms with Crippen molar-refractivity contribution in [2.45, 2.75) is 38.8 Å². The van der Waals surface area contributed by atoms with E-state index in [1.165, 1.54) is 5.56 Å². The molecule has 1 aliphatic rings. The van der Waals surface area contributed by atoms with E-state index in [9.17, 15) is 9.59 Å². The lowest BCUT2D eigenvalue weighted by atomic mass is 10.0. The van der Waals surface area contributed by atoms with Gasteiger partial charge < -0.3 is 10.3 Å². The van der Waals surface area contributed by atoms with Crippen molar-refractivity contribution in [2.75, 3.05) is 18.4 Å². The second-order valence-corrected chi connectivity index (χ2v) is 12.6. The molecule has 222 valence electrons. The molecule has 0 bridgehead atoms. The lowest BCUT2D eigenvalue weighted by Crippen LogP contribution is -2.36. The van der Waals surface area contributed by atoms with Gasteiger partial charge in [-0.15, -0.1) is 11.3 Å². The van der Waals surface area contributed by atoms with E-state index in [4.69, 9.17) is 0 Å². The summed E-state index contributed by atoms with van der Waals surface area (Å²) < 4.78 is 1.94. The van der Waals surface area contributed by atoms with Gasteiger partial charge in [0.2, 0.25) is 5.91 Å². The van der Waals surface area contributed by atoms with Crippen LogP contribution < -0.4 is 11.0 Å². The summed E-state index contributed by atoms with van der Waals surface area (Å²) in [4.78, 5) is 31.8. The Bertz CT molecular complexity index is 2030. The molecule has 4 heterocycles. The highest BCUT2D eigenvalue weighted by Gasteiger charge is 2.23. The fourth-order valence-electron chi connectivity index (χ4n) is 6.22. The summed E-state index contributed by atoms with van der Waals surface area (Å²) >= 11 is 1.59. The maximum Gasteiger partial charge on any atom is 0.326 e. The van der Waals surface area contributed by atoms with Gasteiger partial charge in [-0.25, -0.2) is 4.79 Å². The van der Waals surface area contributed by atoms with Crippen molar-refractivity contribution in [3.63, 3.8) is 0 Å². The molecule has 1 amide bonds. The average Bonchev–Trinajstić information content (AvgIpc) is 3.75. The van der Waals surface area contributed by atoms with Crippen LogP contribution in [-0.2, 0) is 17.8 Å². The third-order valence-electron chi connectivity index (χ3n) is 8.46. The number of thiophene rings is 1. The first-order chi connectivity index (χ1) is 21.5. The van der Waals surface area contributed by atoms with Crippen LogP contribution >= 0.6 is 11.3 Å². The third kappa shape index (κ3) is 5.89. The molecular formula is C35H34N6O2S. The Balaban J connectivity index is 1.01. The number of aryl methyl sites for hydroxylation is 1. The Labute approximate surface area is 259 Å². The van der Waals surface area contributed by atoms with Crippen molar-refractivity contribution in [3.8, 4) is 0 Å². The molecule has 0 radical (unpaired) electrons. The predicted molar refractivity (Wildman–Crippen MR) is 179 cm³/mol. The van der Waals surface area contributed by atoms with Crippen LogP contribution in [0.2, 0.25) is 0 Å². The van der Waals surface area contributed by atoms with Gasteiger partial charge in [-0.3, -0.25) is 19.4 Å². The number of aromatic nitrogens is 4. The first-order valence-corrected chi connectivity index (χ1v) is 15.9. The van der Waals surface area contributed by atoms with Gasteiger partial charge in [-0.2, -0.15) is 5.10 Å². The van der Waals surface area contributed by atoms with E-state index in [0.29, 0.717) is 6.42 Å².